The number of carbonyl (C=O) groups excluding carboxylic acids is 1. The minimum Gasteiger partial charge on any atom is -0.496 e. The third-order valence-corrected chi connectivity index (χ3v) is 5.52. The first-order chi connectivity index (χ1) is 13.0. The molecule has 1 saturated heterocycles. The Kier molecular flexibility index (Phi) is 4.19. The Morgan fingerprint density at radius 1 is 1.04 bits per heavy atom. The molecule has 4 rings (SSSR count). The molecule has 2 heterocycles. The Hall–Kier alpha value is -2.80. The van der Waals surface area contributed by atoms with Crippen molar-refractivity contribution in [2.45, 2.75) is 17.9 Å². The maximum Gasteiger partial charge on any atom is 0.237 e. The maximum atomic E-state index is 14.0. The highest BCUT2D eigenvalue weighted by molar-refractivity contribution is 6.07. The molecular formula is C20H21FN2O4. The fraction of sp³-hybridized carbons (Fsp3) is 0.350. The summed E-state index contributed by atoms with van der Waals surface area (Å²) in [5, 5.41) is 6.30. The molecule has 2 aliphatic rings. The Morgan fingerprint density at radius 3 is 2.44 bits per heavy atom. The first-order valence-corrected chi connectivity index (χ1v) is 8.70. The number of fused-ring (bicyclic) bond motifs is 2. The highest BCUT2D eigenvalue weighted by Crippen LogP contribution is 2.53. The van der Waals surface area contributed by atoms with E-state index in [9.17, 15) is 9.18 Å². The Morgan fingerprint density at radius 2 is 1.74 bits per heavy atom. The molecule has 0 aromatic heterocycles. The summed E-state index contributed by atoms with van der Waals surface area (Å²) < 4.78 is 30.4. The van der Waals surface area contributed by atoms with E-state index in [1.807, 2.05) is 6.07 Å². The van der Waals surface area contributed by atoms with Gasteiger partial charge in [-0.05, 0) is 42.8 Å². The van der Waals surface area contributed by atoms with Crippen LogP contribution in [-0.4, -0.2) is 33.8 Å². The number of methoxy groups -OCH3 is 3. The van der Waals surface area contributed by atoms with E-state index in [-0.39, 0.29) is 11.7 Å². The number of rotatable bonds is 4. The lowest BCUT2D eigenvalue weighted by Gasteiger charge is -2.31. The molecule has 2 N–H and O–H groups in total. The predicted octanol–water partition coefficient (Wildman–Crippen LogP) is 2.78. The second-order valence-electron chi connectivity index (χ2n) is 6.70. The van der Waals surface area contributed by atoms with Crippen LogP contribution in [0.4, 0.5) is 10.1 Å². The van der Waals surface area contributed by atoms with Crippen LogP contribution in [0, 0.1) is 5.82 Å². The zero-order valence-corrected chi connectivity index (χ0v) is 15.4. The SMILES string of the molecule is COc1cc(OC)c(C2NCCC23C(=O)Nc2ccc(F)cc23)cc1OC. The zero-order chi connectivity index (χ0) is 19.2. The molecule has 7 heteroatoms. The van der Waals surface area contributed by atoms with Gasteiger partial charge in [-0.15, -0.1) is 0 Å². The van der Waals surface area contributed by atoms with E-state index >= 15 is 0 Å². The lowest BCUT2D eigenvalue weighted by molar-refractivity contribution is -0.121. The number of nitrogens with one attached hydrogen (secondary N) is 2. The standard InChI is InChI=1S/C20H21FN2O4/c1-25-15-10-17(27-3)16(26-2)9-12(15)18-20(6-7-22-18)13-8-11(21)4-5-14(13)23-19(20)24/h4-5,8-10,18,22H,6-7H2,1-3H3,(H,23,24). The lowest BCUT2D eigenvalue weighted by atomic mass is 9.72. The summed E-state index contributed by atoms with van der Waals surface area (Å²) in [6, 6.07) is 7.56. The molecule has 1 fully saturated rings. The van der Waals surface area contributed by atoms with Crippen molar-refractivity contribution < 1.29 is 23.4 Å². The van der Waals surface area contributed by atoms with E-state index in [1.54, 1.807) is 33.5 Å². The van der Waals surface area contributed by atoms with Crippen LogP contribution in [-0.2, 0) is 10.2 Å². The van der Waals surface area contributed by atoms with Crippen LogP contribution in [0.5, 0.6) is 17.2 Å². The highest BCUT2D eigenvalue weighted by atomic mass is 19.1. The molecule has 1 amide bonds. The fourth-order valence-corrected chi connectivity index (χ4v) is 4.27. The van der Waals surface area contributed by atoms with Gasteiger partial charge in [-0.3, -0.25) is 4.79 Å². The van der Waals surface area contributed by atoms with Gasteiger partial charge >= 0.3 is 0 Å². The van der Waals surface area contributed by atoms with Gasteiger partial charge in [0.25, 0.3) is 0 Å². The van der Waals surface area contributed by atoms with E-state index in [0.29, 0.717) is 41.5 Å². The number of halogens is 1. The van der Waals surface area contributed by atoms with Crippen LogP contribution in [0.15, 0.2) is 30.3 Å². The largest absolute Gasteiger partial charge is 0.496 e. The van der Waals surface area contributed by atoms with Crippen molar-refractivity contribution in [1.29, 1.82) is 0 Å². The van der Waals surface area contributed by atoms with Crippen LogP contribution >= 0.6 is 0 Å². The second-order valence-corrected chi connectivity index (χ2v) is 6.70. The van der Waals surface area contributed by atoms with Crippen molar-refractivity contribution in [2.24, 2.45) is 0 Å². The average Bonchev–Trinajstić information content (AvgIpc) is 3.24. The van der Waals surface area contributed by atoms with Gasteiger partial charge in [0.05, 0.1) is 32.8 Å². The molecule has 27 heavy (non-hydrogen) atoms. The molecule has 6 nitrogen and oxygen atoms in total. The number of hydrogen-bond acceptors (Lipinski definition) is 5. The number of hydrogen-bond donors (Lipinski definition) is 2. The van der Waals surface area contributed by atoms with E-state index in [2.05, 4.69) is 10.6 Å². The highest BCUT2D eigenvalue weighted by Gasteiger charge is 2.56. The zero-order valence-electron chi connectivity index (χ0n) is 15.4. The van der Waals surface area contributed by atoms with Gasteiger partial charge in [-0.25, -0.2) is 4.39 Å². The van der Waals surface area contributed by atoms with Crippen molar-refractivity contribution in [3.63, 3.8) is 0 Å². The van der Waals surface area contributed by atoms with E-state index < -0.39 is 11.5 Å². The molecule has 0 radical (unpaired) electrons. The Bertz CT molecular complexity index is 917. The van der Waals surface area contributed by atoms with E-state index in [0.717, 1.165) is 5.56 Å². The third-order valence-electron chi connectivity index (χ3n) is 5.52. The summed E-state index contributed by atoms with van der Waals surface area (Å²) in [5.41, 5.74) is 1.17. The summed E-state index contributed by atoms with van der Waals surface area (Å²) >= 11 is 0. The minimum absolute atomic E-state index is 0.144. The number of benzene rings is 2. The number of anilines is 1. The summed E-state index contributed by atoms with van der Waals surface area (Å²) in [7, 11) is 4.67. The number of amides is 1. The lowest BCUT2D eigenvalue weighted by Crippen LogP contribution is -2.39. The third kappa shape index (κ3) is 2.45. The topological polar surface area (TPSA) is 68.8 Å². The van der Waals surface area contributed by atoms with E-state index in [1.165, 1.54) is 12.1 Å². The van der Waals surface area contributed by atoms with Crippen LogP contribution in [0.1, 0.15) is 23.6 Å². The van der Waals surface area contributed by atoms with E-state index in [4.69, 9.17) is 14.2 Å². The first-order valence-electron chi connectivity index (χ1n) is 8.70. The predicted molar refractivity (Wildman–Crippen MR) is 98.2 cm³/mol. The van der Waals surface area contributed by atoms with Crippen LogP contribution in [0.3, 0.4) is 0 Å². The van der Waals surface area contributed by atoms with Gasteiger partial charge in [-0.1, -0.05) is 0 Å². The van der Waals surface area contributed by atoms with Crippen molar-refractivity contribution in [2.75, 3.05) is 33.2 Å². The van der Waals surface area contributed by atoms with Gasteiger partial charge in [0.15, 0.2) is 11.5 Å². The maximum absolute atomic E-state index is 14.0. The molecule has 0 bridgehead atoms. The average molecular weight is 372 g/mol. The smallest absolute Gasteiger partial charge is 0.237 e. The van der Waals surface area contributed by atoms with Gasteiger partial charge in [0.1, 0.15) is 11.6 Å². The Labute approximate surface area is 156 Å². The fourth-order valence-electron chi connectivity index (χ4n) is 4.27. The van der Waals surface area contributed by atoms with Gasteiger partial charge in [0.2, 0.25) is 5.91 Å². The molecule has 0 aliphatic carbocycles. The normalized spacial score (nSPS) is 23.3. The molecule has 2 atom stereocenters. The molecule has 142 valence electrons. The van der Waals surface area contributed by atoms with Crippen molar-refractivity contribution in [3.05, 3.63) is 47.3 Å². The van der Waals surface area contributed by atoms with Crippen LogP contribution in [0.2, 0.25) is 0 Å². The minimum atomic E-state index is -0.912. The van der Waals surface area contributed by atoms with Gasteiger partial charge < -0.3 is 24.8 Å². The van der Waals surface area contributed by atoms with Crippen LogP contribution < -0.4 is 24.8 Å². The Balaban J connectivity index is 1.91. The monoisotopic (exact) mass is 372 g/mol. The van der Waals surface area contributed by atoms with Crippen molar-refractivity contribution in [1.82, 2.24) is 5.32 Å². The quantitative estimate of drug-likeness (QED) is 0.864. The van der Waals surface area contributed by atoms with Crippen LogP contribution in [0.25, 0.3) is 0 Å². The molecule has 0 saturated carbocycles. The second kappa shape index (κ2) is 6.42. The number of carbonyl (C=O) groups is 1. The van der Waals surface area contributed by atoms with Gasteiger partial charge in [0, 0.05) is 17.3 Å². The number of ether oxygens (including phenoxy) is 3. The first kappa shape index (κ1) is 17.6. The molecule has 2 aliphatic heterocycles. The summed E-state index contributed by atoms with van der Waals surface area (Å²) in [6.07, 6.45) is 0.553. The summed E-state index contributed by atoms with van der Waals surface area (Å²) in [5.74, 6) is 1.14. The van der Waals surface area contributed by atoms with Gasteiger partial charge in [-0.2, -0.15) is 0 Å². The molecular weight excluding hydrogens is 351 g/mol. The summed E-state index contributed by atoms with van der Waals surface area (Å²) in [4.78, 5) is 13.1. The molecule has 1 spiro atoms. The van der Waals surface area contributed by atoms with Crippen molar-refractivity contribution in [3.8, 4) is 17.2 Å². The molecule has 2 unspecified atom stereocenters. The molecule has 2 aromatic carbocycles. The summed E-state index contributed by atoms with van der Waals surface area (Å²) in [6.45, 7) is 0.617. The molecule has 2 aromatic rings. The van der Waals surface area contributed by atoms with Crippen molar-refractivity contribution >= 4 is 11.6 Å².